The maximum absolute atomic E-state index is 12.8. The monoisotopic (exact) mass is 254 g/mol. The minimum atomic E-state index is -4.88. The van der Waals surface area contributed by atoms with Crippen molar-refractivity contribution in [2.45, 2.75) is 18.5 Å². The first-order valence-electron chi connectivity index (χ1n) is 4.44. The standard InChI is InChI=1S/C10H7F5O2/c11-6-1-5(2-7(12)3-6)8(4-9(16)17)10(13,14)15/h1-3,8H,4H2,(H,16,17)/t8-/m0/s1. The van der Waals surface area contributed by atoms with Gasteiger partial charge in [0.2, 0.25) is 0 Å². The topological polar surface area (TPSA) is 37.3 Å². The van der Waals surface area contributed by atoms with Crippen LogP contribution in [-0.2, 0) is 4.79 Å². The Morgan fingerprint density at radius 3 is 2.00 bits per heavy atom. The van der Waals surface area contributed by atoms with E-state index in [0.717, 1.165) is 0 Å². The number of hydrogen-bond donors (Lipinski definition) is 1. The van der Waals surface area contributed by atoms with E-state index in [-0.39, 0.29) is 0 Å². The summed E-state index contributed by atoms with van der Waals surface area (Å²) in [6, 6.07) is 1.37. The Bertz CT molecular complexity index is 407. The van der Waals surface area contributed by atoms with E-state index < -0.39 is 41.7 Å². The van der Waals surface area contributed by atoms with Crippen LogP contribution in [0.2, 0.25) is 0 Å². The normalized spacial score (nSPS) is 13.5. The molecule has 1 atom stereocenters. The van der Waals surface area contributed by atoms with E-state index in [1.807, 2.05) is 0 Å². The van der Waals surface area contributed by atoms with E-state index in [4.69, 9.17) is 5.11 Å². The molecule has 0 bridgehead atoms. The van der Waals surface area contributed by atoms with Gasteiger partial charge in [0.25, 0.3) is 0 Å². The molecule has 0 unspecified atom stereocenters. The summed E-state index contributed by atoms with van der Waals surface area (Å²) >= 11 is 0. The van der Waals surface area contributed by atoms with Crippen molar-refractivity contribution in [3.63, 3.8) is 0 Å². The lowest BCUT2D eigenvalue weighted by Gasteiger charge is -2.18. The molecule has 1 N–H and O–H groups in total. The average molecular weight is 254 g/mol. The van der Waals surface area contributed by atoms with Gasteiger partial charge in [0.05, 0.1) is 12.3 Å². The highest BCUT2D eigenvalue weighted by molar-refractivity contribution is 5.68. The number of aliphatic carboxylic acids is 1. The molecule has 0 aliphatic heterocycles. The number of carbonyl (C=O) groups is 1. The van der Waals surface area contributed by atoms with Crippen LogP contribution in [-0.4, -0.2) is 17.3 Å². The predicted octanol–water partition coefficient (Wildman–Crippen LogP) is 3.09. The number of hydrogen-bond acceptors (Lipinski definition) is 1. The Morgan fingerprint density at radius 1 is 1.18 bits per heavy atom. The number of halogens is 5. The maximum Gasteiger partial charge on any atom is 0.396 e. The molecule has 1 aromatic carbocycles. The quantitative estimate of drug-likeness (QED) is 0.841. The highest BCUT2D eigenvalue weighted by Crippen LogP contribution is 2.37. The molecule has 0 amide bonds. The highest BCUT2D eigenvalue weighted by Gasteiger charge is 2.42. The van der Waals surface area contributed by atoms with Gasteiger partial charge in [-0.2, -0.15) is 13.2 Å². The number of carboxylic acids is 1. The summed E-state index contributed by atoms with van der Waals surface area (Å²) < 4.78 is 63.1. The third kappa shape index (κ3) is 3.69. The second-order valence-corrected chi connectivity index (χ2v) is 3.39. The van der Waals surface area contributed by atoms with Gasteiger partial charge in [0, 0.05) is 6.07 Å². The number of benzene rings is 1. The van der Waals surface area contributed by atoms with Crippen LogP contribution in [0.25, 0.3) is 0 Å². The van der Waals surface area contributed by atoms with Gasteiger partial charge in [-0.05, 0) is 17.7 Å². The first-order valence-corrected chi connectivity index (χ1v) is 4.44. The number of alkyl halides is 3. The van der Waals surface area contributed by atoms with E-state index in [2.05, 4.69) is 0 Å². The van der Waals surface area contributed by atoms with Crippen molar-refractivity contribution in [2.75, 3.05) is 0 Å². The van der Waals surface area contributed by atoms with Crippen LogP contribution in [0.1, 0.15) is 17.9 Å². The SMILES string of the molecule is O=C(O)C[C@@H](c1cc(F)cc(F)c1)C(F)(F)F. The van der Waals surface area contributed by atoms with E-state index in [0.29, 0.717) is 18.2 Å². The smallest absolute Gasteiger partial charge is 0.396 e. The molecule has 0 aliphatic rings. The Labute approximate surface area is 92.7 Å². The Hall–Kier alpha value is -1.66. The van der Waals surface area contributed by atoms with Crippen molar-refractivity contribution in [2.24, 2.45) is 0 Å². The van der Waals surface area contributed by atoms with E-state index in [9.17, 15) is 26.7 Å². The zero-order valence-electron chi connectivity index (χ0n) is 8.26. The van der Waals surface area contributed by atoms with Gasteiger partial charge in [-0.15, -0.1) is 0 Å². The van der Waals surface area contributed by atoms with Crippen LogP contribution < -0.4 is 0 Å². The molecule has 0 saturated heterocycles. The lowest BCUT2D eigenvalue weighted by atomic mass is 9.95. The van der Waals surface area contributed by atoms with Crippen LogP contribution in [0.15, 0.2) is 18.2 Å². The second-order valence-electron chi connectivity index (χ2n) is 3.39. The lowest BCUT2D eigenvalue weighted by molar-refractivity contribution is -0.163. The first kappa shape index (κ1) is 13.4. The van der Waals surface area contributed by atoms with Crippen molar-refractivity contribution in [1.29, 1.82) is 0 Å². The third-order valence-electron chi connectivity index (χ3n) is 2.06. The van der Waals surface area contributed by atoms with Crippen molar-refractivity contribution in [3.8, 4) is 0 Å². The van der Waals surface area contributed by atoms with Gasteiger partial charge in [0.1, 0.15) is 11.6 Å². The molecule has 0 aromatic heterocycles. The Kier molecular flexibility index (Phi) is 3.69. The molecular formula is C10H7F5O2. The summed E-state index contributed by atoms with van der Waals surface area (Å²) in [6.07, 6.45) is -6.15. The minimum absolute atomic E-state index is 0.414. The number of carboxylic acid groups (broad SMARTS) is 1. The molecule has 2 nitrogen and oxygen atoms in total. The van der Waals surface area contributed by atoms with Crippen molar-refractivity contribution in [1.82, 2.24) is 0 Å². The van der Waals surface area contributed by atoms with Crippen molar-refractivity contribution >= 4 is 5.97 Å². The zero-order valence-corrected chi connectivity index (χ0v) is 8.26. The molecule has 1 aromatic rings. The molecular weight excluding hydrogens is 247 g/mol. The van der Waals surface area contributed by atoms with Gasteiger partial charge in [-0.25, -0.2) is 8.78 Å². The molecule has 1 rings (SSSR count). The fourth-order valence-corrected chi connectivity index (χ4v) is 1.37. The van der Waals surface area contributed by atoms with Gasteiger partial charge in [-0.3, -0.25) is 4.79 Å². The third-order valence-corrected chi connectivity index (χ3v) is 2.06. The van der Waals surface area contributed by atoms with Crippen molar-refractivity contribution < 1.29 is 31.9 Å². The van der Waals surface area contributed by atoms with Crippen LogP contribution in [0.4, 0.5) is 22.0 Å². The van der Waals surface area contributed by atoms with Gasteiger partial charge in [-0.1, -0.05) is 0 Å². The fraction of sp³-hybridized carbons (Fsp3) is 0.300. The van der Waals surface area contributed by atoms with Crippen LogP contribution in [0.3, 0.4) is 0 Å². The van der Waals surface area contributed by atoms with Gasteiger partial charge >= 0.3 is 12.1 Å². The highest BCUT2D eigenvalue weighted by atomic mass is 19.4. The molecule has 0 saturated carbocycles. The number of rotatable bonds is 3. The van der Waals surface area contributed by atoms with Crippen molar-refractivity contribution in [3.05, 3.63) is 35.4 Å². The molecule has 0 heterocycles. The second kappa shape index (κ2) is 4.68. The summed E-state index contributed by atoms with van der Waals surface area (Å²) in [6.45, 7) is 0. The van der Waals surface area contributed by atoms with Gasteiger partial charge in [0.15, 0.2) is 0 Å². The maximum atomic E-state index is 12.8. The first-order chi connectivity index (χ1) is 7.70. The molecule has 7 heteroatoms. The summed E-state index contributed by atoms with van der Waals surface area (Å²) in [4.78, 5) is 10.3. The summed E-state index contributed by atoms with van der Waals surface area (Å²) in [5.74, 6) is -6.48. The molecule has 17 heavy (non-hydrogen) atoms. The largest absolute Gasteiger partial charge is 0.481 e. The van der Waals surface area contributed by atoms with E-state index in [1.54, 1.807) is 0 Å². The fourth-order valence-electron chi connectivity index (χ4n) is 1.37. The summed E-state index contributed by atoms with van der Waals surface area (Å²) in [7, 11) is 0. The Balaban J connectivity index is 3.17. The molecule has 0 fully saturated rings. The van der Waals surface area contributed by atoms with Crippen LogP contribution in [0.5, 0.6) is 0 Å². The molecule has 0 aliphatic carbocycles. The predicted molar refractivity (Wildman–Crippen MR) is 47.4 cm³/mol. The molecule has 0 spiro atoms. The van der Waals surface area contributed by atoms with Gasteiger partial charge < -0.3 is 5.11 Å². The molecule has 0 radical (unpaired) electrons. The van der Waals surface area contributed by atoms with E-state index >= 15 is 0 Å². The Morgan fingerprint density at radius 2 is 1.65 bits per heavy atom. The lowest BCUT2D eigenvalue weighted by Crippen LogP contribution is -2.23. The van der Waals surface area contributed by atoms with Crippen LogP contribution >= 0.6 is 0 Å². The summed E-state index contributed by atoms with van der Waals surface area (Å²) in [5, 5.41) is 8.36. The minimum Gasteiger partial charge on any atom is -0.481 e. The van der Waals surface area contributed by atoms with E-state index in [1.165, 1.54) is 0 Å². The average Bonchev–Trinajstić information content (AvgIpc) is 2.10. The summed E-state index contributed by atoms with van der Waals surface area (Å²) in [5.41, 5.74) is -0.739. The zero-order chi connectivity index (χ0) is 13.2. The van der Waals surface area contributed by atoms with Crippen LogP contribution in [0, 0.1) is 11.6 Å². The molecule has 94 valence electrons.